The zero-order valence-electron chi connectivity index (χ0n) is 12.0. The Bertz CT molecular complexity index is 624. The molecule has 1 aliphatic rings. The molecule has 21 heavy (non-hydrogen) atoms. The van der Waals surface area contributed by atoms with Crippen molar-refractivity contribution < 1.29 is 17.9 Å². The van der Waals surface area contributed by atoms with E-state index in [1.54, 1.807) is 6.92 Å². The lowest BCUT2D eigenvalue weighted by Crippen LogP contribution is -2.32. The van der Waals surface area contributed by atoms with Crippen LogP contribution in [0.3, 0.4) is 0 Å². The number of nitrogens with one attached hydrogen (secondary N) is 1. The summed E-state index contributed by atoms with van der Waals surface area (Å²) < 4.78 is 28.4. The van der Waals surface area contributed by atoms with Gasteiger partial charge in [-0.25, -0.2) is 13.6 Å². The van der Waals surface area contributed by atoms with Crippen LogP contribution < -0.4 is 15.2 Å². The Morgan fingerprint density at radius 3 is 2.67 bits per heavy atom. The number of ether oxygens (including phenoxy) is 1. The van der Waals surface area contributed by atoms with Crippen LogP contribution in [0.4, 0.5) is 0 Å². The van der Waals surface area contributed by atoms with E-state index < -0.39 is 10.0 Å². The van der Waals surface area contributed by atoms with Gasteiger partial charge < -0.3 is 10.1 Å². The number of amides is 1. The zero-order chi connectivity index (χ0) is 15.5. The lowest BCUT2D eigenvalue weighted by Gasteiger charge is -2.25. The van der Waals surface area contributed by atoms with Gasteiger partial charge in [-0.2, -0.15) is 0 Å². The molecule has 1 amide bonds. The minimum atomic E-state index is -3.94. The molecule has 1 aromatic carbocycles. The molecule has 0 saturated heterocycles. The predicted octanol–water partition coefficient (Wildman–Crippen LogP) is 1.26. The van der Waals surface area contributed by atoms with E-state index in [-0.39, 0.29) is 22.1 Å². The van der Waals surface area contributed by atoms with Crippen LogP contribution in [0.1, 0.15) is 36.5 Å². The maximum atomic E-state index is 12.0. The highest BCUT2D eigenvalue weighted by molar-refractivity contribution is 7.89. The molecule has 2 rings (SSSR count). The molecular formula is C14H20N2O4S. The quantitative estimate of drug-likeness (QED) is 0.826. The first-order valence-electron chi connectivity index (χ1n) is 6.99. The third kappa shape index (κ3) is 3.95. The fourth-order valence-electron chi connectivity index (χ4n) is 2.18. The smallest absolute Gasteiger partial charge is 0.251 e. The second kappa shape index (κ2) is 6.44. The second-order valence-electron chi connectivity index (χ2n) is 5.15. The number of benzene rings is 1. The van der Waals surface area contributed by atoms with Gasteiger partial charge in [0.15, 0.2) is 0 Å². The first-order chi connectivity index (χ1) is 9.91. The topological polar surface area (TPSA) is 98.5 Å². The van der Waals surface area contributed by atoms with Gasteiger partial charge in [0, 0.05) is 12.1 Å². The Hall–Kier alpha value is -1.60. The van der Waals surface area contributed by atoms with E-state index >= 15 is 0 Å². The van der Waals surface area contributed by atoms with Crippen LogP contribution in [-0.2, 0) is 10.0 Å². The average Bonchev–Trinajstić information content (AvgIpc) is 2.36. The van der Waals surface area contributed by atoms with Gasteiger partial charge in [0.25, 0.3) is 5.91 Å². The molecule has 0 heterocycles. The highest BCUT2D eigenvalue weighted by Gasteiger charge is 2.20. The summed E-state index contributed by atoms with van der Waals surface area (Å²) in [6, 6.07) is 4.26. The largest absolute Gasteiger partial charge is 0.492 e. The van der Waals surface area contributed by atoms with Gasteiger partial charge in [-0.1, -0.05) is 6.42 Å². The summed E-state index contributed by atoms with van der Waals surface area (Å²) >= 11 is 0. The summed E-state index contributed by atoms with van der Waals surface area (Å²) in [7, 11) is -3.94. The maximum absolute atomic E-state index is 12.0. The summed E-state index contributed by atoms with van der Waals surface area (Å²) in [4.78, 5) is 11.9. The van der Waals surface area contributed by atoms with Crippen LogP contribution in [0.2, 0.25) is 0 Å². The fraction of sp³-hybridized carbons (Fsp3) is 0.500. The average molecular weight is 312 g/mol. The predicted molar refractivity (Wildman–Crippen MR) is 78.7 cm³/mol. The third-order valence-corrected chi connectivity index (χ3v) is 4.52. The summed E-state index contributed by atoms with van der Waals surface area (Å²) in [5.74, 6) is 0.403. The minimum absolute atomic E-state index is 0.163. The molecule has 0 bridgehead atoms. The first-order valence-corrected chi connectivity index (χ1v) is 8.54. The minimum Gasteiger partial charge on any atom is -0.492 e. The third-order valence-electron chi connectivity index (χ3n) is 3.59. The fourth-order valence-corrected chi connectivity index (χ4v) is 2.88. The monoisotopic (exact) mass is 312 g/mol. The highest BCUT2D eigenvalue weighted by atomic mass is 32.2. The van der Waals surface area contributed by atoms with Gasteiger partial charge in [0.1, 0.15) is 10.6 Å². The van der Waals surface area contributed by atoms with Gasteiger partial charge >= 0.3 is 0 Å². The Morgan fingerprint density at radius 1 is 1.43 bits per heavy atom. The first kappa shape index (κ1) is 15.8. The molecule has 0 spiro atoms. The van der Waals surface area contributed by atoms with Gasteiger partial charge in [-0.15, -0.1) is 0 Å². The molecule has 1 aliphatic carbocycles. The number of carbonyl (C=O) groups excluding carboxylic acids is 1. The van der Waals surface area contributed by atoms with Crippen molar-refractivity contribution in [3.05, 3.63) is 23.8 Å². The number of rotatable bonds is 6. The van der Waals surface area contributed by atoms with Crippen molar-refractivity contribution in [2.24, 2.45) is 11.1 Å². The SMILES string of the molecule is CCOc1ccc(C(=O)NCC2CCC2)cc1S(N)(=O)=O. The second-order valence-corrected chi connectivity index (χ2v) is 6.68. The van der Waals surface area contributed by atoms with Crippen molar-refractivity contribution in [1.29, 1.82) is 0 Å². The van der Waals surface area contributed by atoms with Crippen LogP contribution in [0.15, 0.2) is 23.1 Å². The standard InChI is InChI=1S/C14H20N2O4S/c1-2-20-12-7-6-11(8-13(12)21(15,18)19)14(17)16-9-10-4-3-5-10/h6-8,10H,2-5,9H2,1H3,(H,16,17)(H2,15,18,19). The molecule has 1 fully saturated rings. The van der Waals surface area contributed by atoms with Gasteiger partial charge in [-0.05, 0) is 43.9 Å². The lowest BCUT2D eigenvalue weighted by molar-refractivity contribution is 0.0939. The van der Waals surface area contributed by atoms with Crippen LogP contribution in [0.5, 0.6) is 5.75 Å². The number of nitrogens with two attached hydrogens (primary N) is 1. The van der Waals surface area contributed by atoms with Crippen molar-refractivity contribution in [3.8, 4) is 5.75 Å². The van der Waals surface area contributed by atoms with E-state index in [0.29, 0.717) is 19.1 Å². The zero-order valence-corrected chi connectivity index (χ0v) is 12.8. The summed E-state index contributed by atoms with van der Waals surface area (Å²) in [6.07, 6.45) is 3.47. The molecule has 0 unspecified atom stereocenters. The van der Waals surface area contributed by atoms with Crippen LogP contribution >= 0.6 is 0 Å². The van der Waals surface area contributed by atoms with Crippen molar-refractivity contribution in [2.45, 2.75) is 31.1 Å². The van der Waals surface area contributed by atoms with E-state index in [0.717, 1.165) is 12.8 Å². The van der Waals surface area contributed by atoms with Crippen molar-refractivity contribution in [2.75, 3.05) is 13.2 Å². The van der Waals surface area contributed by atoms with E-state index in [1.807, 2.05) is 0 Å². The molecule has 116 valence electrons. The Balaban J connectivity index is 2.17. The van der Waals surface area contributed by atoms with E-state index in [1.165, 1.54) is 24.6 Å². The lowest BCUT2D eigenvalue weighted by atomic mass is 9.85. The molecular weight excluding hydrogens is 292 g/mol. The Labute approximate surface area is 124 Å². The molecule has 1 aromatic rings. The molecule has 0 radical (unpaired) electrons. The number of carbonyl (C=O) groups is 1. The Kier molecular flexibility index (Phi) is 4.84. The summed E-state index contributed by atoms with van der Waals surface area (Å²) in [5, 5.41) is 7.99. The van der Waals surface area contributed by atoms with Gasteiger partial charge in [0.05, 0.1) is 6.61 Å². The number of hydrogen-bond donors (Lipinski definition) is 2. The highest BCUT2D eigenvalue weighted by Crippen LogP contribution is 2.26. The molecule has 1 saturated carbocycles. The summed E-state index contributed by atoms with van der Waals surface area (Å²) in [6.45, 7) is 2.68. The van der Waals surface area contributed by atoms with Gasteiger partial charge in [-0.3, -0.25) is 4.79 Å². The van der Waals surface area contributed by atoms with Crippen LogP contribution in [-0.4, -0.2) is 27.5 Å². The molecule has 3 N–H and O–H groups in total. The van der Waals surface area contributed by atoms with Gasteiger partial charge in [0.2, 0.25) is 10.0 Å². The molecule has 0 atom stereocenters. The molecule has 0 aromatic heterocycles. The normalized spacial score (nSPS) is 15.3. The number of primary sulfonamides is 1. The molecule has 7 heteroatoms. The molecule has 0 aliphatic heterocycles. The van der Waals surface area contributed by atoms with E-state index in [9.17, 15) is 13.2 Å². The molecule has 6 nitrogen and oxygen atoms in total. The van der Waals surface area contributed by atoms with Crippen LogP contribution in [0.25, 0.3) is 0 Å². The summed E-state index contributed by atoms with van der Waals surface area (Å²) in [5.41, 5.74) is 0.266. The van der Waals surface area contributed by atoms with Crippen molar-refractivity contribution in [1.82, 2.24) is 5.32 Å². The van der Waals surface area contributed by atoms with Crippen LogP contribution in [0, 0.1) is 5.92 Å². The maximum Gasteiger partial charge on any atom is 0.251 e. The van der Waals surface area contributed by atoms with Crippen molar-refractivity contribution in [3.63, 3.8) is 0 Å². The Morgan fingerprint density at radius 2 is 2.14 bits per heavy atom. The van der Waals surface area contributed by atoms with Crippen molar-refractivity contribution >= 4 is 15.9 Å². The number of hydrogen-bond acceptors (Lipinski definition) is 4. The number of sulfonamides is 1. The van der Waals surface area contributed by atoms with E-state index in [2.05, 4.69) is 5.32 Å². The van der Waals surface area contributed by atoms with E-state index in [4.69, 9.17) is 9.88 Å².